The van der Waals surface area contributed by atoms with E-state index in [0.29, 0.717) is 29.9 Å². The number of halogens is 1. The van der Waals surface area contributed by atoms with E-state index in [1.54, 1.807) is 12.1 Å². The van der Waals surface area contributed by atoms with Crippen LogP contribution in [0.4, 0.5) is 15.8 Å². The van der Waals surface area contributed by atoms with Gasteiger partial charge in [0.05, 0.1) is 18.7 Å². The maximum Gasteiger partial charge on any atom is 0.305 e. The summed E-state index contributed by atoms with van der Waals surface area (Å²) in [7, 11) is 0. The third-order valence-electron chi connectivity index (χ3n) is 7.45. The van der Waals surface area contributed by atoms with Crippen molar-refractivity contribution in [3.63, 3.8) is 0 Å². The predicted molar refractivity (Wildman–Crippen MR) is 136 cm³/mol. The van der Waals surface area contributed by atoms with Crippen molar-refractivity contribution in [2.45, 2.75) is 58.6 Å². The van der Waals surface area contributed by atoms with Crippen LogP contribution in [0.1, 0.15) is 46.5 Å². The molecule has 2 aliphatic rings. The first-order chi connectivity index (χ1) is 16.9. The van der Waals surface area contributed by atoms with Crippen LogP contribution in [-0.4, -0.2) is 49.5 Å². The van der Waals surface area contributed by atoms with Gasteiger partial charge in [0, 0.05) is 50.3 Å². The van der Waals surface area contributed by atoms with Gasteiger partial charge < -0.3 is 24.4 Å². The van der Waals surface area contributed by atoms with Crippen molar-refractivity contribution in [2.24, 2.45) is 11.8 Å². The van der Waals surface area contributed by atoms with Crippen LogP contribution in [0, 0.1) is 17.7 Å². The molecule has 0 unspecified atom stereocenters. The molecule has 2 saturated heterocycles. The largest absolute Gasteiger partial charge is 0.494 e. The Morgan fingerprint density at radius 1 is 1.09 bits per heavy atom. The fourth-order valence-electron chi connectivity index (χ4n) is 5.72. The van der Waals surface area contributed by atoms with Gasteiger partial charge in [0.1, 0.15) is 23.4 Å². The van der Waals surface area contributed by atoms with Gasteiger partial charge in [0.25, 0.3) is 0 Å². The second-order valence-corrected chi connectivity index (χ2v) is 9.71. The Bertz CT molecular complexity index is 991. The molecule has 0 bridgehead atoms. The molecule has 0 amide bonds. The summed E-state index contributed by atoms with van der Waals surface area (Å²) >= 11 is 0. The lowest BCUT2D eigenvalue weighted by molar-refractivity contribution is -0.137. The van der Waals surface area contributed by atoms with Crippen LogP contribution in [0.25, 0.3) is 0 Å². The molecule has 4 rings (SSSR count). The summed E-state index contributed by atoms with van der Waals surface area (Å²) < 4.78 is 26.2. The van der Waals surface area contributed by atoms with Crippen LogP contribution < -0.4 is 19.3 Å². The van der Waals surface area contributed by atoms with Gasteiger partial charge in [-0.25, -0.2) is 4.39 Å². The number of hydrogen-bond acceptors (Lipinski definition) is 5. The molecule has 3 atom stereocenters. The van der Waals surface area contributed by atoms with Gasteiger partial charge in [-0.2, -0.15) is 0 Å². The van der Waals surface area contributed by atoms with E-state index in [9.17, 15) is 14.3 Å². The molecule has 0 aliphatic carbocycles. The Balaban J connectivity index is 1.35. The molecule has 35 heavy (non-hydrogen) atoms. The number of anilines is 2. The Hall–Kier alpha value is -2.96. The quantitative estimate of drug-likeness (QED) is 0.500. The van der Waals surface area contributed by atoms with Crippen LogP contribution >= 0.6 is 0 Å². The normalized spacial score (nSPS) is 22.9. The summed E-state index contributed by atoms with van der Waals surface area (Å²) in [6, 6.07) is 13.0. The minimum Gasteiger partial charge on any atom is -0.494 e. The highest BCUT2D eigenvalue weighted by Gasteiger charge is 2.39. The number of hydrogen-bond donors (Lipinski definition) is 1. The lowest BCUT2D eigenvalue weighted by atomic mass is 9.88. The molecule has 2 heterocycles. The van der Waals surface area contributed by atoms with Crippen molar-refractivity contribution in [1.29, 1.82) is 0 Å². The summed E-state index contributed by atoms with van der Waals surface area (Å²) in [5.74, 6) is 1.36. The molecule has 7 heteroatoms. The number of aliphatic carboxylic acids is 1. The summed E-state index contributed by atoms with van der Waals surface area (Å²) in [5, 5.41) is 9.43. The summed E-state index contributed by atoms with van der Waals surface area (Å²) in [6.07, 6.45) is 2.83. The maximum atomic E-state index is 14.4. The summed E-state index contributed by atoms with van der Waals surface area (Å²) in [6.45, 7) is 9.14. The van der Waals surface area contributed by atoms with Gasteiger partial charge in [-0.1, -0.05) is 20.3 Å². The average molecular weight is 485 g/mol. The second-order valence-electron chi connectivity index (χ2n) is 9.71. The van der Waals surface area contributed by atoms with Crippen molar-refractivity contribution in [1.82, 2.24) is 0 Å². The van der Waals surface area contributed by atoms with Gasteiger partial charge in [-0.15, -0.1) is 0 Å². The minimum absolute atomic E-state index is 0.0187. The molecule has 0 spiro atoms. The number of rotatable bonds is 9. The van der Waals surface area contributed by atoms with Crippen LogP contribution in [0.5, 0.6) is 11.5 Å². The number of carbonyl (C=O) groups is 1. The Morgan fingerprint density at radius 2 is 1.77 bits per heavy atom. The highest BCUT2D eigenvalue weighted by Crippen LogP contribution is 2.38. The Morgan fingerprint density at radius 3 is 2.40 bits per heavy atom. The molecule has 190 valence electrons. The smallest absolute Gasteiger partial charge is 0.305 e. The third kappa shape index (κ3) is 5.82. The summed E-state index contributed by atoms with van der Waals surface area (Å²) in [5.41, 5.74) is 1.63. The fraction of sp³-hybridized carbons (Fsp3) is 0.536. The van der Waals surface area contributed by atoms with E-state index in [0.717, 1.165) is 50.3 Å². The number of piperidine rings is 1. The molecule has 2 fully saturated rings. The van der Waals surface area contributed by atoms with Gasteiger partial charge >= 0.3 is 5.97 Å². The first kappa shape index (κ1) is 25.1. The molecule has 0 saturated carbocycles. The number of benzene rings is 2. The van der Waals surface area contributed by atoms with E-state index in [1.165, 1.54) is 6.07 Å². The zero-order valence-electron chi connectivity index (χ0n) is 21.0. The lowest BCUT2D eigenvalue weighted by Gasteiger charge is -2.34. The average Bonchev–Trinajstić information content (AvgIpc) is 3.15. The van der Waals surface area contributed by atoms with E-state index < -0.39 is 5.97 Å². The fourth-order valence-corrected chi connectivity index (χ4v) is 5.72. The van der Waals surface area contributed by atoms with Crippen molar-refractivity contribution < 1.29 is 23.8 Å². The number of nitrogens with zero attached hydrogens (tertiary/aromatic N) is 2. The molecule has 2 aliphatic heterocycles. The van der Waals surface area contributed by atoms with Gasteiger partial charge in [0.15, 0.2) is 0 Å². The second kappa shape index (κ2) is 11.2. The van der Waals surface area contributed by atoms with E-state index in [2.05, 4.69) is 23.6 Å². The van der Waals surface area contributed by atoms with E-state index in [1.807, 2.05) is 31.2 Å². The number of carboxylic acids is 1. The SMILES string of the molecule is CCOc1ccc(F)c(N2CCC(Oc3ccc(N4C[C@H](C)[C@@H](CC)[C@@H]4CC(=O)O)cc3)CC2)c1. The number of carboxylic acid groups (broad SMARTS) is 1. The standard InChI is InChI=1S/C28H37FN2O4/c1-4-24-19(3)18-31(26(24)17-28(32)33)20-6-8-21(9-7-20)35-22-12-14-30(15-13-22)27-16-23(34-5-2)10-11-25(27)29/h6-11,16,19,22,24,26H,4-5,12-15,17-18H2,1-3H3,(H,32,33)/t19-,24+,26-/m0/s1. The van der Waals surface area contributed by atoms with Gasteiger partial charge in [-0.3, -0.25) is 4.79 Å². The molecular formula is C28H37FN2O4. The van der Waals surface area contributed by atoms with E-state index in [-0.39, 0.29) is 24.4 Å². The minimum atomic E-state index is -0.747. The van der Waals surface area contributed by atoms with Crippen LogP contribution in [-0.2, 0) is 4.79 Å². The van der Waals surface area contributed by atoms with E-state index in [4.69, 9.17) is 9.47 Å². The van der Waals surface area contributed by atoms with E-state index >= 15 is 0 Å². The first-order valence-corrected chi connectivity index (χ1v) is 12.8. The third-order valence-corrected chi connectivity index (χ3v) is 7.45. The van der Waals surface area contributed by atoms with Crippen molar-refractivity contribution in [3.8, 4) is 11.5 Å². The maximum absolute atomic E-state index is 14.4. The van der Waals surface area contributed by atoms with Crippen molar-refractivity contribution in [3.05, 3.63) is 48.3 Å². The van der Waals surface area contributed by atoms with Crippen molar-refractivity contribution >= 4 is 17.3 Å². The monoisotopic (exact) mass is 484 g/mol. The first-order valence-electron chi connectivity index (χ1n) is 12.8. The molecule has 0 radical (unpaired) electrons. The topological polar surface area (TPSA) is 62.2 Å². The molecular weight excluding hydrogens is 447 g/mol. The van der Waals surface area contributed by atoms with Crippen LogP contribution in [0.15, 0.2) is 42.5 Å². The molecule has 1 N–H and O–H groups in total. The van der Waals surface area contributed by atoms with Gasteiger partial charge in [-0.05, 0) is 55.2 Å². The highest BCUT2D eigenvalue weighted by molar-refractivity contribution is 5.69. The molecule has 2 aromatic rings. The number of ether oxygens (including phenoxy) is 2. The van der Waals surface area contributed by atoms with Crippen LogP contribution in [0.2, 0.25) is 0 Å². The van der Waals surface area contributed by atoms with Gasteiger partial charge in [0.2, 0.25) is 0 Å². The van der Waals surface area contributed by atoms with Crippen molar-refractivity contribution in [2.75, 3.05) is 36.0 Å². The highest BCUT2D eigenvalue weighted by atomic mass is 19.1. The Labute approximate surface area is 207 Å². The molecule has 0 aromatic heterocycles. The van der Waals surface area contributed by atoms with Crippen LogP contribution in [0.3, 0.4) is 0 Å². The zero-order valence-corrected chi connectivity index (χ0v) is 21.0. The zero-order chi connectivity index (χ0) is 24.9. The Kier molecular flexibility index (Phi) is 8.04. The summed E-state index contributed by atoms with van der Waals surface area (Å²) in [4.78, 5) is 15.8. The molecule has 6 nitrogen and oxygen atoms in total. The lowest BCUT2D eigenvalue weighted by Crippen LogP contribution is -2.38. The molecule has 2 aromatic carbocycles. The predicted octanol–water partition coefficient (Wildman–Crippen LogP) is 5.60.